The Kier molecular flexibility index (Phi) is 5.06. The first-order chi connectivity index (χ1) is 9.51. The zero-order valence-corrected chi connectivity index (χ0v) is 13.0. The Morgan fingerprint density at radius 3 is 2.65 bits per heavy atom. The topological polar surface area (TPSA) is 38.3 Å². The number of esters is 1. The van der Waals surface area contributed by atoms with Crippen LogP contribution >= 0.6 is 11.6 Å². The van der Waals surface area contributed by atoms with Crippen molar-refractivity contribution in [1.29, 1.82) is 0 Å². The second-order valence-electron chi connectivity index (χ2n) is 5.83. The van der Waals surface area contributed by atoms with E-state index in [1.54, 1.807) is 0 Å². The molecule has 0 aromatic heterocycles. The number of ether oxygens (including phenoxy) is 1. The number of benzene rings is 1. The van der Waals surface area contributed by atoms with Crippen molar-refractivity contribution in [3.8, 4) is 0 Å². The van der Waals surface area contributed by atoms with Crippen molar-refractivity contribution < 1.29 is 9.53 Å². The minimum Gasteiger partial charge on any atom is -0.468 e. The van der Waals surface area contributed by atoms with Gasteiger partial charge in [0.25, 0.3) is 0 Å². The number of carbonyl (C=O) groups excluding carboxylic acids is 1. The molecule has 1 aromatic carbocycles. The highest BCUT2D eigenvalue weighted by Gasteiger charge is 2.34. The second kappa shape index (κ2) is 6.59. The molecule has 4 heteroatoms. The Morgan fingerprint density at radius 2 is 2.10 bits per heavy atom. The molecule has 110 valence electrons. The molecular formula is C16H22ClNO2. The van der Waals surface area contributed by atoms with Crippen LogP contribution < -0.4 is 5.32 Å². The fourth-order valence-corrected chi connectivity index (χ4v) is 2.90. The van der Waals surface area contributed by atoms with Gasteiger partial charge in [0.1, 0.15) is 6.04 Å². The van der Waals surface area contributed by atoms with Crippen LogP contribution in [0.1, 0.15) is 38.2 Å². The molecule has 1 aromatic rings. The minimum atomic E-state index is -0.217. The average molecular weight is 296 g/mol. The summed E-state index contributed by atoms with van der Waals surface area (Å²) in [7, 11) is 1.44. The number of hydrogen-bond acceptors (Lipinski definition) is 3. The predicted molar refractivity (Wildman–Crippen MR) is 81.0 cm³/mol. The number of hydrogen-bond donors (Lipinski definition) is 1. The highest BCUT2D eigenvalue weighted by molar-refractivity contribution is 6.30. The van der Waals surface area contributed by atoms with E-state index in [4.69, 9.17) is 16.3 Å². The lowest BCUT2D eigenvalue weighted by Gasteiger charge is -2.39. The highest BCUT2D eigenvalue weighted by Crippen LogP contribution is 2.38. The van der Waals surface area contributed by atoms with Crippen LogP contribution in [0.15, 0.2) is 24.3 Å². The first-order valence-corrected chi connectivity index (χ1v) is 7.48. The van der Waals surface area contributed by atoms with Crippen LogP contribution in [-0.4, -0.2) is 25.2 Å². The van der Waals surface area contributed by atoms with Gasteiger partial charge in [-0.05, 0) is 42.4 Å². The standard InChI is InChI=1S/C16H22ClNO2/c1-10(2)15(16(19)20-3)18-14-8-12(9-14)11-5-4-6-13(17)7-11/h4-7,10,12,14-15,18H,8-9H2,1-3H3/t12?,14?,15-/m0/s1. The fourth-order valence-electron chi connectivity index (χ4n) is 2.70. The molecule has 0 spiro atoms. The summed E-state index contributed by atoms with van der Waals surface area (Å²) in [5.74, 6) is 0.593. The Morgan fingerprint density at radius 1 is 1.40 bits per heavy atom. The van der Waals surface area contributed by atoms with E-state index in [1.165, 1.54) is 12.7 Å². The van der Waals surface area contributed by atoms with Crippen molar-refractivity contribution in [3.05, 3.63) is 34.9 Å². The molecule has 0 heterocycles. The molecule has 0 unspecified atom stereocenters. The van der Waals surface area contributed by atoms with Gasteiger partial charge in [-0.1, -0.05) is 37.6 Å². The number of carbonyl (C=O) groups is 1. The molecule has 20 heavy (non-hydrogen) atoms. The lowest BCUT2D eigenvalue weighted by atomic mass is 9.75. The summed E-state index contributed by atoms with van der Waals surface area (Å²) in [5, 5.41) is 4.20. The summed E-state index contributed by atoms with van der Waals surface area (Å²) in [6.45, 7) is 4.06. The highest BCUT2D eigenvalue weighted by atomic mass is 35.5. The van der Waals surface area contributed by atoms with E-state index in [0.29, 0.717) is 12.0 Å². The van der Waals surface area contributed by atoms with Crippen molar-refractivity contribution in [2.75, 3.05) is 7.11 Å². The molecule has 0 aliphatic heterocycles. The van der Waals surface area contributed by atoms with Gasteiger partial charge in [-0.3, -0.25) is 4.79 Å². The molecule has 0 saturated heterocycles. The third kappa shape index (κ3) is 3.53. The van der Waals surface area contributed by atoms with Crippen LogP contribution in [-0.2, 0) is 9.53 Å². The maximum absolute atomic E-state index is 11.7. The molecule has 1 aliphatic carbocycles. The predicted octanol–water partition coefficient (Wildman–Crippen LogP) is 3.37. The van der Waals surface area contributed by atoms with Gasteiger partial charge in [0, 0.05) is 11.1 Å². The van der Waals surface area contributed by atoms with Crippen molar-refractivity contribution >= 4 is 17.6 Å². The van der Waals surface area contributed by atoms with E-state index >= 15 is 0 Å². The molecule has 0 amide bonds. The number of halogens is 1. The van der Waals surface area contributed by atoms with E-state index in [1.807, 2.05) is 32.0 Å². The van der Waals surface area contributed by atoms with Crippen molar-refractivity contribution in [2.45, 2.75) is 44.7 Å². The number of nitrogens with one attached hydrogen (secondary N) is 1. The van der Waals surface area contributed by atoms with Gasteiger partial charge in [0.15, 0.2) is 0 Å². The average Bonchev–Trinajstić information content (AvgIpc) is 2.36. The largest absolute Gasteiger partial charge is 0.468 e. The SMILES string of the molecule is COC(=O)[C@@H](NC1CC(c2cccc(Cl)c2)C1)C(C)C. The first-order valence-electron chi connectivity index (χ1n) is 7.10. The maximum Gasteiger partial charge on any atom is 0.323 e. The third-order valence-electron chi connectivity index (χ3n) is 4.00. The Labute approximate surface area is 125 Å². The maximum atomic E-state index is 11.7. The van der Waals surface area contributed by atoms with Crippen LogP contribution in [0.4, 0.5) is 0 Å². The van der Waals surface area contributed by atoms with Crippen LogP contribution in [0, 0.1) is 5.92 Å². The van der Waals surface area contributed by atoms with Gasteiger partial charge in [0.2, 0.25) is 0 Å². The minimum absolute atomic E-state index is 0.175. The molecule has 1 saturated carbocycles. The first kappa shape index (κ1) is 15.3. The van der Waals surface area contributed by atoms with E-state index in [2.05, 4.69) is 11.4 Å². The lowest BCUT2D eigenvalue weighted by Crippen LogP contribution is -2.51. The van der Waals surface area contributed by atoms with Crippen LogP contribution in [0.5, 0.6) is 0 Å². The molecule has 1 N–H and O–H groups in total. The molecule has 3 nitrogen and oxygen atoms in total. The van der Waals surface area contributed by atoms with Gasteiger partial charge in [-0.15, -0.1) is 0 Å². The van der Waals surface area contributed by atoms with Crippen LogP contribution in [0.3, 0.4) is 0 Å². The summed E-state index contributed by atoms with van der Waals surface area (Å²) < 4.78 is 4.85. The summed E-state index contributed by atoms with van der Waals surface area (Å²) in [4.78, 5) is 11.7. The zero-order chi connectivity index (χ0) is 14.7. The van der Waals surface area contributed by atoms with Crippen LogP contribution in [0.25, 0.3) is 0 Å². The van der Waals surface area contributed by atoms with E-state index < -0.39 is 0 Å². The van der Waals surface area contributed by atoms with Gasteiger partial charge in [-0.25, -0.2) is 0 Å². The molecule has 1 aliphatic rings. The van der Waals surface area contributed by atoms with E-state index in [9.17, 15) is 4.79 Å². The van der Waals surface area contributed by atoms with E-state index in [-0.39, 0.29) is 17.9 Å². The Hall–Kier alpha value is -1.06. The quantitative estimate of drug-likeness (QED) is 0.847. The molecule has 1 fully saturated rings. The van der Waals surface area contributed by atoms with Crippen molar-refractivity contribution in [1.82, 2.24) is 5.32 Å². The van der Waals surface area contributed by atoms with Crippen LogP contribution in [0.2, 0.25) is 5.02 Å². The Balaban J connectivity index is 1.88. The molecular weight excluding hydrogens is 274 g/mol. The number of methoxy groups -OCH3 is 1. The number of rotatable bonds is 5. The zero-order valence-electron chi connectivity index (χ0n) is 12.2. The normalized spacial score (nSPS) is 23.2. The molecule has 0 radical (unpaired) electrons. The molecule has 0 bridgehead atoms. The summed E-state index contributed by atoms with van der Waals surface area (Å²) >= 11 is 6.02. The van der Waals surface area contributed by atoms with Gasteiger partial charge >= 0.3 is 5.97 Å². The second-order valence-corrected chi connectivity index (χ2v) is 6.27. The molecule has 1 atom stereocenters. The third-order valence-corrected chi connectivity index (χ3v) is 4.23. The van der Waals surface area contributed by atoms with Gasteiger partial charge < -0.3 is 10.1 Å². The summed E-state index contributed by atoms with van der Waals surface area (Å²) in [6.07, 6.45) is 2.08. The van der Waals surface area contributed by atoms with E-state index in [0.717, 1.165) is 17.9 Å². The van der Waals surface area contributed by atoms with Crippen molar-refractivity contribution in [3.63, 3.8) is 0 Å². The van der Waals surface area contributed by atoms with Gasteiger partial charge in [-0.2, -0.15) is 0 Å². The van der Waals surface area contributed by atoms with Crippen molar-refractivity contribution in [2.24, 2.45) is 5.92 Å². The fraction of sp³-hybridized carbons (Fsp3) is 0.562. The summed E-state index contributed by atoms with van der Waals surface area (Å²) in [5.41, 5.74) is 1.29. The van der Waals surface area contributed by atoms with Gasteiger partial charge in [0.05, 0.1) is 7.11 Å². The monoisotopic (exact) mass is 295 g/mol. The molecule has 2 rings (SSSR count). The smallest absolute Gasteiger partial charge is 0.323 e. The Bertz CT molecular complexity index is 469. The lowest BCUT2D eigenvalue weighted by molar-refractivity contribution is -0.144. The summed E-state index contributed by atoms with van der Waals surface area (Å²) in [6, 6.07) is 8.20.